The van der Waals surface area contributed by atoms with Gasteiger partial charge < -0.3 is 0 Å². The summed E-state index contributed by atoms with van der Waals surface area (Å²) in [5, 5.41) is 1.28. The molecule has 1 rings (SSSR count). The van der Waals surface area contributed by atoms with Crippen LogP contribution in [0.3, 0.4) is 0 Å². The van der Waals surface area contributed by atoms with Crippen molar-refractivity contribution < 1.29 is 17.8 Å². The molecule has 66 valence electrons. The summed E-state index contributed by atoms with van der Waals surface area (Å²) in [4.78, 5) is 14.1. The van der Waals surface area contributed by atoms with Gasteiger partial charge in [0.1, 0.15) is 5.69 Å². The Hall–Kier alpha value is -0.790. The smallest absolute Gasteiger partial charge is 0.293 e. The zero-order valence-corrected chi connectivity index (χ0v) is 7.65. The fraction of sp³-hybridized carbons (Fsp3) is 0.200. The first-order valence-electron chi connectivity index (χ1n) is 2.85. The number of carbonyl (C=O) groups is 1. The van der Waals surface area contributed by atoms with Gasteiger partial charge in [-0.2, -0.15) is 8.42 Å². The third-order valence-electron chi connectivity index (χ3n) is 1.06. The van der Waals surface area contributed by atoms with Crippen molar-refractivity contribution in [2.24, 2.45) is 0 Å². The highest BCUT2D eigenvalue weighted by Gasteiger charge is 2.16. The van der Waals surface area contributed by atoms with E-state index in [0.717, 1.165) is 0 Å². The van der Waals surface area contributed by atoms with E-state index in [4.69, 9.17) is 4.55 Å². The molecule has 0 unspecified atom stereocenters. The van der Waals surface area contributed by atoms with Gasteiger partial charge in [0.15, 0.2) is 5.78 Å². The second kappa shape index (κ2) is 2.92. The molecule has 7 heteroatoms. The molecule has 0 atom stereocenters. The van der Waals surface area contributed by atoms with Crippen molar-refractivity contribution in [2.75, 3.05) is 0 Å². The average Bonchev–Trinajstić information content (AvgIpc) is 2.30. The van der Waals surface area contributed by atoms with Crippen molar-refractivity contribution in [3.8, 4) is 0 Å². The molecule has 1 aromatic rings. The summed E-state index contributed by atoms with van der Waals surface area (Å²) in [7, 11) is -4.26. The normalized spacial score (nSPS) is 11.5. The Morgan fingerprint density at radius 2 is 2.25 bits per heavy atom. The van der Waals surface area contributed by atoms with Gasteiger partial charge in [-0.15, -0.1) is 11.3 Å². The van der Waals surface area contributed by atoms with E-state index in [2.05, 4.69) is 4.98 Å². The van der Waals surface area contributed by atoms with Gasteiger partial charge in [0, 0.05) is 12.3 Å². The van der Waals surface area contributed by atoms with Crippen molar-refractivity contribution in [1.82, 2.24) is 4.98 Å². The van der Waals surface area contributed by atoms with Crippen molar-refractivity contribution >= 4 is 27.2 Å². The van der Waals surface area contributed by atoms with Crippen molar-refractivity contribution in [3.05, 3.63) is 11.1 Å². The van der Waals surface area contributed by atoms with E-state index in [1.807, 2.05) is 0 Å². The quantitative estimate of drug-likeness (QED) is 0.566. The molecule has 5 nitrogen and oxygen atoms in total. The minimum absolute atomic E-state index is 0.0487. The zero-order valence-electron chi connectivity index (χ0n) is 6.01. The van der Waals surface area contributed by atoms with E-state index in [-0.39, 0.29) is 11.5 Å². The number of thiazole rings is 1. The van der Waals surface area contributed by atoms with E-state index < -0.39 is 14.5 Å². The maximum Gasteiger partial charge on any atom is 0.322 e. The molecule has 0 radical (unpaired) electrons. The Labute approximate surface area is 72.8 Å². The van der Waals surface area contributed by atoms with Crippen molar-refractivity contribution in [2.45, 2.75) is 11.3 Å². The van der Waals surface area contributed by atoms with Gasteiger partial charge in [0.2, 0.25) is 4.34 Å². The molecule has 0 fully saturated rings. The predicted molar refractivity (Wildman–Crippen MR) is 41.9 cm³/mol. The summed E-state index contributed by atoms with van der Waals surface area (Å²) in [6.07, 6.45) is 0. The number of hydrogen-bond donors (Lipinski definition) is 1. The highest BCUT2D eigenvalue weighted by atomic mass is 32.3. The largest absolute Gasteiger partial charge is 0.322 e. The van der Waals surface area contributed by atoms with E-state index in [1.165, 1.54) is 12.3 Å². The van der Waals surface area contributed by atoms with Gasteiger partial charge in [-0.1, -0.05) is 0 Å². The molecular formula is C5H5NO4S2. The van der Waals surface area contributed by atoms with Crippen LogP contribution in [0, 0.1) is 0 Å². The molecule has 0 saturated carbocycles. The van der Waals surface area contributed by atoms with Crippen LogP contribution in [-0.4, -0.2) is 23.7 Å². The topological polar surface area (TPSA) is 84.3 Å². The molecule has 0 bridgehead atoms. The molecule has 12 heavy (non-hydrogen) atoms. The number of aromatic nitrogens is 1. The number of Topliss-reactive ketones (excluding diaryl/α,β-unsaturated/α-hetero) is 1. The summed E-state index contributed by atoms with van der Waals surface area (Å²) in [6, 6.07) is 0. The average molecular weight is 207 g/mol. The number of hydrogen-bond acceptors (Lipinski definition) is 5. The van der Waals surface area contributed by atoms with E-state index in [9.17, 15) is 13.2 Å². The number of rotatable bonds is 2. The molecule has 0 saturated heterocycles. The number of ketones is 1. The second-order valence-corrected chi connectivity index (χ2v) is 4.48. The van der Waals surface area contributed by atoms with Crippen LogP contribution < -0.4 is 0 Å². The Kier molecular flexibility index (Phi) is 2.27. The van der Waals surface area contributed by atoms with Crippen molar-refractivity contribution in [3.63, 3.8) is 0 Å². The minimum Gasteiger partial charge on any atom is -0.293 e. The molecule has 0 aliphatic carbocycles. The van der Waals surface area contributed by atoms with E-state index >= 15 is 0 Å². The number of carbonyl (C=O) groups excluding carboxylic acids is 1. The van der Waals surface area contributed by atoms with Crippen LogP contribution in [0.25, 0.3) is 0 Å². The van der Waals surface area contributed by atoms with Crippen molar-refractivity contribution in [1.29, 1.82) is 0 Å². The van der Waals surface area contributed by atoms with Gasteiger partial charge in [0.05, 0.1) is 0 Å². The van der Waals surface area contributed by atoms with Crippen LogP contribution in [0.2, 0.25) is 0 Å². The lowest BCUT2D eigenvalue weighted by molar-refractivity contribution is 0.101. The van der Waals surface area contributed by atoms with Crippen LogP contribution in [0.1, 0.15) is 17.4 Å². The molecule has 1 heterocycles. The maximum absolute atomic E-state index is 10.7. The summed E-state index contributed by atoms with van der Waals surface area (Å²) < 4.78 is 29.0. The molecule has 1 N–H and O–H groups in total. The zero-order chi connectivity index (χ0) is 9.35. The molecule has 0 aromatic carbocycles. The Morgan fingerprint density at radius 3 is 2.50 bits per heavy atom. The fourth-order valence-electron chi connectivity index (χ4n) is 0.537. The van der Waals surface area contributed by atoms with Gasteiger partial charge >= 0.3 is 10.1 Å². The lowest BCUT2D eigenvalue weighted by atomic mass is 10.4. The van der Waals surface area contributed by atoms with Gasteiger partial charge in [-0.05, 0) is 0 Å². The lowest BCUT2D eigenvalue weighted by Crippen LogP contribution is -1.99. The van der Waals surface area contributed by atoms with Crippen LogP contribution in [0.15, 0.2) is 9.72 Å². The second-order valence-electron chi connectivity index (χ2n) is 2.03. The van der Waals surface area contributed by atoms with Crippen LogP contribution in [0.4, 0.5) is 0 Å². The van der Waals surface area contributed by atoms with Crippen LogP contribution in [-0.2, 0) is 10.1 Å². The molecule has 0 amide bonds. The monoisotopic (exact) mass is 207 g/mol. The Morgan fingerprint density at radius 1 is 1.67 bits per heavy atom. The standard InChI is InChI=1S/C5H5NO4S2/c1-3(7)4-2-11-5(6-4)12(8,9)10/h2H,1H3,(H,8,9,10). The Bertz CT molecular complexity index is 405. The molecule has 0 aliphatic rings. The SMILES string of the molecule is CC(=O)c1csc(S(=O)(=O)O)n1. The first kappa shape index (κ1) is 9.30. The molecule has 1 aromatic heterocycles. The molecule has 0 aliphatic heterocycles. The number of nitrogens with zero attached hydrogens (tertiary/aromatic N) is 1. The summed E-state index contributed by atoms with van der Waals surface area (Å²) in [6.45, 7) is 1.27. The van der Waals surface area contributed by atoms with Gasteiger partial charge in [0.25, 0.3) is 0 Å². The highest BCUT2D eigenvalue weighted by molar-refractivity contribution is 7.87. The first-order chi connectivity index (χ1) is 5.41. The predicted octanol–water partition coefficient (Wildman–Crippen LogP) is 0.592. The van der Waals surface area contributed by atoms with Gasteiger partial charge in [-0.25, -0.2) is 4.98 Å². The molecular weight excluding hydrogens is 202 g/mol. The molecule has 0 spiro atoms. The Balaban J connectivity index is 3.17. The summed E-state index contributed by atoms with van der Waals surface area (Å²) >= 11 is 0.715. The van der Waals surface area contributed by atoms with Crippen LogP contribution in [0.5, 0.6) is 0 Å². The van der Waals surface area contributed by atoms with Crippen LogP contribution >= 0.6 is 11.3 Å². The summed E-state index contributed by atoms with van der Waals surface area (Å²) in [5.74, 6) is -0.332. The minimum atomic E-state index is -4.26. The highest BCUT2D eigenvalue weighted by Crippen LogP contribution is 2.15. The first-order valence-corrected chi connectivity index (χ1v) is 5.17. The van der Waals surface area contributed by atoms with Gasteiger partial charge in [-0.3, -0.25) is 9.35 Å². The lowest BCUT2D eigenvalue weighted by Gasteiger charge is -1.85. The third-order valence-corrected chi connectivity index (χ3v) is 3.15. The van der Waals surface area contributed by atoms with E-state index in [0.29, 0.717) is 11.3 Å². The maximum atomic E-state index is 10.7. The fourth-order valence-corrected chi connectivity index (χ4v) is 1.96. The van der Waals surface area contributed by atoms with E-state index in [1.54, 1.807) is 0 Å². The third kappa shape index (κ3) is 1.87. The summed E-state index contributed by atoms with van der Waals surface area (Å²) in [5.41, 5.74) is 0.0487.